The molecule has 0 aromatic heterocycles. The number of hydrogen-bond acceptors (Lipinski definition) is 3. The fourth-order valence-corrected chi connectivity index (χ4v) is 1.60. The average Bonchev–Trinajstić information content (AvgIpc) is 2.30. The second-order valence-corrected chi connectivity index (χ2v) is 3.50. The molecule has 0 radical (unpaired) electrons. The summed E-state index contributed by atoms with van der Waals surface area (Å²) in [7, 11) is 0. The van der Waals surface area contributed by atoms with E-state index in [-0.39, 0.29) is 22.9 Å². The van der Waals surface area contributed by atoms with Crippen molar-refractivity contribution >= 4 is 5.76 Å². The van der Waals surface area contributed by atoms with E-state index in [1.807, 2.05) is 6.07 Å². The largest absolute Gasteiger partial charge is 0.507 e. The third-order valence-corrected chi connectivity index (χ3v) is 2.42. The van der Waals surface area contributed by atoms with Crippen molar-refractivity contribution in [3.05, 3.63) is 65.1 Å². The molecule has 1 aliphatic rings. The van der Waals surface area contributed by atoms with Crippen LogP contribution >= 0.6 is 0 Å². The standard InChI is InChI=1S/C13H12O3/c14-10-7-4-8-11(15)12(10)13(16)9-5-2-1-3-6-9/h1-3,5-8,14-16H,4H2. The molecule has 0 bridgehead atoms. The zero-order chi connectivity index (χ0) is 11.5. The molecule has 3 nitrogen and oxygen atoms in total. The second-order valence-electron chi connectivity index (χ2n) is 3.50. The van der Waals surface area contributed by atoms with Gasteiger partial charge in [-0.1, -0.05) is 30.3 Å². The first-order chi connectivity index (χ1) is 7.70. The summed E-state index contributed by atoms with van der Waals surface area (Å²) in [4.78, 5) is 0. The predicted octanol–water partition coefficient (Wildman–Crippen LogP) is 3.24. The van der Waals surface area contributed by atoms with Crippen molar-refractivity contribution in [1.82, 2.24) is 0 Å². The van der Waals surface area contributed by atoms with Crippen molar-refractivity contribution in [2.24, 2.45) is 0 Å². The number of hydrogen-bond donors (Lipinski definition) is 3. The molecule has 0 unspecified atom stereocenters. The average molecular weight is 216 g/mol. The normalized spacial score (nSPS) is 15.4. The summed E-state index contributed by atoms with van der Waals surface area (Å²) in [5, 5.41) is 29.2. The minimum atomic E-state index is -0.122. The van der Waals surface area contributed by atoms with Gasteiger partial charge < -0.3 is 15.3 Å². The van der Waals surface area contributed by atoms with Crippen LogP contribution < -0.4 is 0 Å². The zero-order valence-corrected chi connectivity index (χ0v) is 8.59. The third kappa shape index (κ3) is 1.80. The van der Waals surface area contributed by atoms with Gasteiger partial charge in [0.25, 0.3) is 0 Å². The first-order valence-electron chi connectivity index (χ1n) is 4.98. The van der Waals surface area contributed by atoms with Crippen LogP contribution in [0.3, 0.4) is 0 Å². The molecular formula is C13H12O3. The lowest BCUT2D eigenvalue weighted by molar-refractivity contribution is 0.370. The van der Waals surface area contributed by atoms with E-state index < -0.39 is 0 Å². The van der Waals surface area contributed by atoms with Gasteiger partial charge in [0.05, 0.1) is 5.57 Å². The van der Waals surface area contributed by atoms with Crippen LogP contribution in [0, 0.1) is 0 Å². The topological polar surface area (TPSA) is 60.7 Å². The summed E-state index contributed by atoms with van der Waals surface area (Å²) in [6, 6.07) is 8.79. The third-order valence-electron chi connectivity index (χ3n) is 2.42. The first-order valence-corrected chi connectivity index (χ1v) is 4.98. The molecule has 0 heterocycles. The smallest absolute Gasteiger partial charge is 0.137 e. The molecule has 1 aliphatic carbocycles. The van der Waals surface area contributed by atoms with Crippen LogP contribution in [-0.2, 0) is 0 Å². The molecule has 2 rings (SSSR count). The van der Waals surface area contributed by atoms with Crippen molar-refractivity contribution in [1.29, 1.82) is 0 Å². The summed E-state index contributed by atoms with van der Waals surface area (Å²) in [6.45, 7) is 0. The van der Waals surface area contributed by atoms with Gasteiger partial charge in [0.2, 0.25) is 0 Å². The van der Waals surface area contributed by atoms with Gasteiger partial charge in [-0.3, -0.25) is 0 Å². The minimum Gasteiger partial charge on any atom is -0.507 e. The van der Waals surface area contributed by atoms with Crippen LogP contribution in [0.2, 0.25) is 0 Å². The van der Waals surface area contributed by atoms with E-state index in [2.05, 4.69) is 0 Å². The molecule has 0 spiro atoms. The Labute approximate surface area is 93.3 Å². The molecule has 0 aliphatic heterocycles. The molecule has 1 aromatic carbocycles. The van der Waals surface area contributed by atoms with Gasteiger partial charge in [0.15, 0.2) is 0 Å². The number of rotatable bonds is 1. The summed E-state index contributed by atoms with van der Waals surface area (Å²) in [5.41, 5.74) is 0.636. The maximum atomic E-state index is 9.96. The van der Waals surface area contributed by atoms with Gasteiger partial charge in [-0.05, 0) is 18.6 Å². The number of benzene rings is 1. The van der Waals surface area contributed by atoms with Crippen molar-refractivity contribution in [2.45, 2.75) is 6.42 Å². The second kappa shape index (κ2) is 4.14. The van der Waals surface area contributed by atoms with Crippen LogP contribution in [-0.4, -0.2) is 15.3 Å². The van der Waals surface area contributed by atoms with E-state index in [4.69, 9.17) is 0 Å². The SMILES string of the molecule is OC1=CCC=C(O)C1=C(O)c1ccccc1. The summed E-state index contributed by atoms with van der Waals surface area (Å²) in [5.74, 6) is -0.314. The molecule has 82 valence electrons. The van der Waals surface area contributed by atoms with E-state index in [0.29, 0.717) is 12.0 Å². The molecule has 0 fully saturated rings. The maximum Gasteiger partial charge on any atom is 0.137 e. The Balaban J connectivity index is 2.52. The van der Waals surface area contributed by atoms with Crippen molar-refractivity contribution in [3.63, 3.8) is 0 Å². The highest BCUT2D eigenvalue weighted by Gasteiger charge is 2.18. The summed E-state index contributed by atoms with van der Waals surface area (Å²) >= 11 is 0. The zero-order valence-electron chi connectivity index (χ0n) is 8.59. The minimum absolute atomic E-state index is 0.0810. The van der Waals surface area contributed by atoms with Crippen LogP contribution in [0.1, 0.15) is 12.0 Å². The fourth-order valence-electron chi connectivity index (χ4n) is 1.60. The van der Waals surface area contributed by atoms with E-state index in [9.17, 15) is 15.3 Å². The lowest BCUT2D eigenvalue weighted by Crippen LogP contribution is -2.02. The molecule has 16 heavy (non-hydrogen) atoms. The van der Waals surface area contributed by atoms with Crippen molar-refractivity contribution in [3.8, 4) is 0 Å². The van der Waals surface area contributed by atoms with Gasteiger partial charge in [-0.15, -0.1) is 0 Å². The number of aliphatic hydroxyl groups excluding tert-OH is 3. The summed E-state index contributed by atoms with van der Waals surface area (Å²) in [6.07, 6.45) is 3.53. The summed E-state index contributed by atoms with van der Waals surface area (Å²) < 4.78 is 0. The Morgan fingerprint density at radius 1 is 0.938 bits per heavy atom. The molecule has 3 heteroatoms. The highest BCUT2D eigenvalue weighted by molar-refractivity contribution is 5.70. The quantitative estimate of drug-likeness (QED) is 0.631. The number of allylic oxidation sites excluding steroid dienone is 2. The maximum absolute atomic E-state index is 9.96. The first kappa shape index (κ1) is 10.4. The highest BCUT2D eigenvalue weighted by Crippen LogP contribution is 2.28. The van der Waals surface area contributed by atoms with E-state index in [1.165, 1.54) is 12.2 Å². The Hall–Kier alpha value is -2.16. The van der Waals surface area contributed by atoms with E-state index >= 15 is 0 Å². The fraction of sp³-hybridized carbons (Fsp3) is 0.0769. The molecule has 1 aromatic rings. The molecule has 0 atom stereocenters. The molecule has 0 saturated carbocycles. The van der Waals surface area contributed by atoms with Crippen LogP contribution in [0.4, 0.5) is 0 Å². The van der Waals surface area contributed by atoms with Crippen LogP contribution in [0.25, 0.3) is 5.76 Å². The lowest BCUT2D eigenvalue weighted by Gasteiger charge is -2.13. The molecule has 0 saturated heterocycles. The highest BCUT2D eigenvalue weighted by atomic mass is 16.3. The number of aliphatic hydroxyl groups is 3. The molecule has 0 amide bonds. The Morgan fingerprint density at radius 2 is 1.50 bits per heavy atom. The molecular weight excluding hydrogens is 204 g/mol. The van der Waals surface area contributed by atoms with Gasteiger partial charge in [0.1, 0.15) is 17.3 Å². The Morgan fingerprint density at radius 3 is 2.06 bits per heavy atom. The lowest BCUT2D eigenvalue weighted by atomic mass is 10.0. The van der Waals surface area contributed by atoms with Crippen molar-refractivity contribution in [2.75, 3.05) is 0 Å². The molecule has 3 N–H and O–H groups in total. The van der Waals surface area contributed by atoms with E-state index in [0.717, 1.165) is 0 Å². The Bertz CT molecular complexity index is 461. The van der Waals surface area contributed by atoms with E-state index in [1.54, 1.807) is 24.3 Å². The van der Waals surface area contributed by atoms with Gasteiger partial charge in [-0.2, -0.15) is 0 Å². The van der Waals surface area contributed by atoms with Crippen molar-refractivity contribution < 1.29 is 15.3 Å². The Kier molecular flexibility index (Phi) is 2.68. The van der Waals surface area contributed by atoms with Crippen LogP contribution in [0.5, 0.6) is 0 Å². The van der Waals surface area contributed by atoms with Crippen LogP contribution in [0.15, 0.2) is 59.6 Å². The monoisotopic (exact) mass is 216 g/mol. The van der Waals surface area contributed by atoms with Gasteiger partial charge in [-0.25, -0.2) is 0 Å². The predicted molar refractivity (Wildman–Crippen MR) is 62.0 cm³/mol. The van der Waals surface area contributed by atoms with Gasteiger partial charge >= 0.3 is 0 Å². The van der Waals surface area contributed by atoms with Gasteiger partial charge in [0, 0.05) is 5.56 Å².